The number of ether oxygens (including phenoxy) is 1. The molecule has 0 unspecified atom stereocenters. The zero-order valence-corrected chi connectivity index (χ0v) is 18.3. The van der Waals surface area contributed by atoms with Crippen molar-refractivity contribution in [3.63, 3.8) is 0 Å². The predicted octanol–water partition coefficient (Wildman–Crippen LogP) is 3.38. The number of carbonyl (C=O) groups is 2. The number of benzene rings is 2. The van der Waals surface area contributed by atoms with Gasteiger partial charge in [-0.2, -0.15) is 0 Å². The van der Waals surface area contributed by atoms with Crippen molar-refractivity contribution in [2.45, 2.75) is 24.2 Å². The standard InChI is InChI=1S/C22H24ClNO5S/c1-30(27,28)20-14-18(7-8-19(20)23)22(26)29-15-21(25)24-11-9-17(10-12-24)13-16-5-3-2-4-6-16/h2-8,14,17H,9-13,15H2,1H3. The molecule has 1 amide bonds. The molecule has 1 heterocycles. The van der Waals surface area contributed by atoms with Crippen LogP contribution in [0.2, 0.25) is 5.02 Å². The molecule has 1 aliphatic heterocycles. The summed E-state index contributed by atoms with van der Waals surface area (Å²) in [6.45, 7) is 0.888. The van der Waals surface area contributed by atoms with E-state index in [2.05, 4.69) is 12.1 Å². The van der Waals surface area contributed by atoms with Crippen molar-refractivity contribution in [1.82, 2.24) is 4.90 Å². The topological polar surface area (TPSA) is 80.7 Å². The number of hydrogen-bond acceptors (Lipinski definition) is 5. The number of hydrogen-bond donors (Lipinski definition) is 0. The molecule has 2 aromatic rings. The molecule has 0 aliphatic carbocycles. The van der Waals surface area contributed by atoms with Crippen molar-refractivity contribution < 1.29 is 22.7 Å². The van der Waals surface area contributed by atoms with Gasteiger partial charge < -0.3 is 9.64 Å². The van der Waals surface area contributed by atoms with E-state index in [-0.39, 0.29) is 28.0 Å². The smallest absolute Gasteiger partial charge is 0.338 e. The van der Waals surface area contributed by atoms with E-state index in [4.69, 9.17) is 16.3 Å². The molecule has 1 aliphatic rings. The molecule has 0 bridgehead atoms. The normalized spacial score (nSPS) is 15.1. The van der Waals surface area contributed by atoms with Gasteiger partial charge >= 0.3 is 5.97 Å². The second-order valence-electron chi connectivity index (χ2n) is 7.51. The quantitative estimate of drug-likeness (QED) is 0.631. The van der Waals surface area contributed by atoms with Crippen molar-refractivity contribution in [1.29, 1.82) is 0 Å². The van der Waals surface area contributed by atoms with Crippen molar-refractivity contribution >= 4 is 33.3 Å². The molecule has 30 heavy (non-hydrogen) atoms. The summed E-state index contributed by atoms with van der Waals surface area (Å²) in [5, 5.41) is 0.0310. The second kappa shape index (κ2) is 9.62. The van der Waals surface area contributed by atoms with Crippen LogP contribution in [0.3, 0.4) is 0 Å². The lowest BCUT2D eigenvalue weighted by atomic mass is 9.90. The lowest BCUT2D eigenvalue weighted by molar-refractivity contribution is -0.135. The first-order valence-electron chi connectivity index (χ1n) is 9.72. The first kappa shape index (κ1) is 22.3. The summed E-state index contributed by atoms with van der Waals surface area (Å²) in [7, 11) is -3.58. The fourth-order valence-corrected chi connectivity index (χ4v) is 4.85. The van der Waals surface area contributed by atoms with Gasteiger partial charge in [-0.1, -0.05) is 41.9 Å². The van der Waals surface area contributed by atoms with E-state index in [0.29, 0.717) is 19.0 Å². The van der Waals surface area contributed by atoms with Crippen molar-refractivity contribution in [3.8, 4) is 0 Å². The predicted molar refractivity (Wildman–Crippen MR) is 114 cm³/mol. The van der Waals surface area contributed by atoms with Crippen LogP contribution in [0.4, 0.5) is 0 Å². The molecule has 8 heteroatoms. The lowest BCUT2D eigenvalue weighted by Gasteiger charge is -2.32. The summed E-state index contributed by atoms with van der Waals surface area (Å²) in [6.07, 6.45) is 3.82. The molecule has 0 radical (unpaired) electrons. The number of amides is 1. The highest BCUT2D eigenvalue weighted by atomic mass is 35.5. The Morgan fingerprint density at radius 3 is 2.40 bits per heavy atom. The van der Waals surface area contributed by atoms with E-state index in [1.807, 2.05) is 18.2 Å². The third-order valence-corrected chi connectivity index (χ3v) is 6.81. The number of likely N-dealkylation sites (tertiary alicyclic amines) is 1. The first-order chi connectivity index (χ1) is 14.2. The van der Waals surface area contributed by atoms with Crippen molar-refractivity contribution in [3.05, 3.63) is 64.7 Å². The van der Waals surface area contributed by atoms with E-state index in [0.717, 1.165) is 25.5 Å². The minimum Gasteiger partial charge on any atom is -0.452 e. The Morgan fingerprint density at radius 2 is 1.77 bits per heavy atom. The number of halogens is 1. The second-order valence-corrected chi connectivity index (χ2v) is 9.90. The van der Waals surface area contributed by atoms with Gasteiger partial charge in [0.25, 0.3) is 5.91 Å². The fourth-order valence-electron chi connectivity index (χ4n) is 3.55. The summed E-state index contributed by atoms with van der Waals surface area (Å²) >= 11 is 5.89. The molecule has 6 nitrogen and oxygen atoms in total. The molecule has 2 aromatic carbocycles. The van der Waals surface area contributed by atoms with E-state index in [9.17, 15) is 18.0 Å². The van der Waals surface area contributed by atoms with Gasteiger partial charge in [-0.15, -0.1) is 0 Å². The Morgan fingerprint density at radius 1 is 1.10 bits per heavy atom. The van der Waals surface area contributed by atoms with Crippen LogP contribution in [-0.2, 0) is 25.8 Å². The van der Waals surface area contributed by atoms with Gasteiger partial charge in [-0.25, -0.2) is 13.2 Å². The third kappa shape index (κ3) is 5.83. The monoisotopic (exact) mass is 449 g/mol. The number of carbonyl (C=O) groups excluding carboxylic acids is 2. The summed E-state index contributed by atoms with van der Waals surface area (Å²) in [4.78, 5) is 26.2. The fraction of sp³-hybridized carbons (Fsp3) is 0.364. The Bertz CT molecular complexity index is 1020. The van der Waals surface area contributed by atoms with Gasteiger partial charge in [0.2, 0.25) is 0 Å². The number of sulfone groups is 1. The van der Waals surface area contributed by atoms with Gasteiger partial charge in [0.05, 0.1) is 15.5 Å². The molecule has 1 fully saturated rings. The van der Waals surface area contributed by atoms with Crippen LogP contribution >= 0.6 is 11.6 Å². The molecule has 0 atom stereocenters. The van der Waals surface area contributed by atoms with Crippen molar-refractivity contribution in [2.24, 2.45) is 5.92 Å². The minimum atomic E-state index is -3.58. The molecular formula is C22H24ClNO5S. The summed E-state index contributed by atoms with van der Waals surface area (Å²) < 4.78 is 28.6. The van der Waals surface area contributed by atoms with Crippen LogP contribution < -0.4 is 0 Å². The molecule has 0 spiro atoms. The molecule has 160 valence electrons. The molecule has 0 saturated carbocycles. The Balaban J connectivity index is 1.50. The van der Waals surface area contributed by atoms with E-state index >= 15 is 0 Å². The van der Waals surface area contributed by atoms with Crippen LogP contribution in [-0.4, -0.2) is 51.1 Å². The average Bonchev–Trinajstić information content (AvgIpc) is 2.72. The van der Waals surface area contributed by atoms with Crippen LogP contribution in [0.5, 0.6) is 0 Å². The summed E-state index contributed by atoms with van der Waals surface area (Å²) in [5.41, 5.74) is 1.34. The Labute approximate surface area is 181 Å². The van der Waals surface area contributed by atoms with Crippen molar-refractivity contribution in [2.75, 3.05) is 26.0 Å². The summed E-state index contributed by atoms with van der Waals surface area (Å²) in [5.74, 6) is -0.481. The first-order valence-corrected chi connectivity index (χ1v) is 12.0. The zero-order chi connectivity index (χ0) is 21.7. The number of nitrogens with zero attached hydrogens (tertiary/aromatic N) is 1. The largest absolute Gasteiger partial charge is 0.452 e. The lowest BCUT2D eigenvalue weighted by Crippen LogP contribution is -2.41. The Kier molecular flexibility index (Phi) is 7.15. The number of esters is 1. The highest BCUT2D eigenvalue weighted by Gasteiger charge is 2.24. The number of rotatable bonds is 6. The van der Waals surface area contributed by atoms with Crippen LogP contribution in [0.15, 0.2) is 53.4 Å². The maximum Gasteiger partial charge on any atom is 0.338 e. The highest BCUT2D eigenvalue weighted by molar-refractivity contribution is 7.90. The maximum atomic E-state index is 12.4. The third-order valence-electron chi connectivity index (χ3n) is 5.23. The van der Waals surface area contributed by atoms with E-state index < -0.39 is 15.8 Å². The molecule has 3 rings (SSSR count). The Hall–Kier alpha value is -2.38. The molecule has 0 N–H and O–H groups in total. The van der Waals surface area contributed by atoms with Crippen LogP contribution in [0, 0.1) is 5.92 Å². The highest BCUT2D eigenvalue weighted by Crippen LogP contribution is 2.24. The minimum absolute atomic E-state index is 0.0310. The maximum absolute atomic E-state index is 12.4. The van der Waals surface area contributed by atoms with Gasteiger partial charge in [0, 0.05) is 19.3 Å². The van der Waals surface area contributed by atoms with Crippen LogP contribution in [0.1, 0.15) is 28.8 Å². The molecule has 1 saturated heterocycles. The molecule has 0 aromatic heterocycles. The summed E-state index contributed by atoms with van der Waals surface area (Å²) in [6, 6.07) is 14.2. The van der Waals surface area contributed by atoms with Gasteiger partial charge in [0.1, 0.15) is 0 Å². The van der Waals surface area contributed by atoms with Crippen LogP contribution in [0.25, 0.3) is 0 Å². The SMILES string of the molecule is CS(=O)(=O)c1cc(C(=O)OCC(=O)N2CCC(Cc3ccccc3)CC2)ccc1Cl. The molecular weight excluding hydrogens is 426 g/mol. The van der Waals surface area contributed by atoms with E-state index in [1.54, 1.807) is 4.90 Å². The average molecular weight is 450 g/mol. The van der Waals surface area contributed by atoms with Gasteiger partial charge in [-0.3, -0.25) is 4.79 Å². The van der Waals surface area contributed by atoms with Gasteiger partial charge in [-0.05, 0) is 48.9 Å². The van der Waals surface area contributed by atoms with Gasteiger partial charge in [0.15, 0.2) is 16.4 Å². The zero-order valence-electron chi connectivity index (χ0n) is 16.7. The van der Waals surface area contributed by atoms with E-state index in [1.165, 1.54) is 23.8 Å². The number of piperidine rings is 1.